The molecule has 1 aromatic rings. The summed E-state index contributed by atoms with van der Waals surface area (Å²) >= 11 is 0. The van der Waals surface area contributed by atoms with Crippen molar-refractivity contribution in [2.75, 3.05) is 13.2 Å². The third kappa shape index (κ3) is 2.17. The number of ether oxygens (including phenoxy) is 2. The van der Waals surface area contributed by atoms with Crippen LogP contribution in [-0.4, -0.2) is 13.2 Å². The quantitative estimate of drug-likeness (QED) is 0.698. The summed E-state index contributed by atoms with van der Waals surface area (Å²) in [7, 11) is 0. The highest BCUT2D eigenvalue weighted by molar-refractivity contribution is 5.27. The molecule has 1 aliphatic rings. The number of hydrogen-bond acceptors (Lipinski definition) is 2. The van der Waals surface area contributed by atoms with Crippen LogP contribution >= 0.6 is 0 Å². The molecule has 6 heteroatoms. The maximum absolute atomic E-state index is 13.2. The molecule has 2 rings (SSSR count). The Balaban J connectivity index is 2.29. The van der Waals surface area contributed by atoms with Gasteiger partial charge in [-0.25, -0.2) is 4.39 Å². The highest BCUT2D eigenvalue weighted by Gasteiger charge is 2.34. The molecule has 1 aliphatic heterocycles. The van der Waals surface area contributed by atoms with Crippen LogP contribution in [0, 0.1) is 5.82 Å². The minimum absolute atomic E-state index is 0.253. The van der Waals surface area contributed by atoms with Crippen molar-refractivity contribution in [3.63, 3.8) is 0 Å². The Kier molecular flexibility index (Phi) is 2.86. The lowest BCUT2D eigenvalue weighted by Gasteiger charge is -2.12. The zero-order valence-electron chi connectivity index (χ0n) is 8.05. The molecule has 0 radical (unpaired) electrons. The van der Waals surface area contributed by atoms with Gasteiger partial charge in [-0.1, -0.05) is 6.07 Å². The molecular weight excluding hydrogens is 228 g/mol. The maximum atomic E-state index is 13.2. The fourth-order valence-corrected chi connectivity index (χ4v) is 1.46. The molecule has 1 heterocycles. The summed E-state index contributed by atoms with van der Waals surface area (Å²) in [6.07, 6.45) is -5.45. The van der Waals surface area contributed by atoms with E-state index in [4.69, 9.17) is 9.47 Å². The molecule has 0 atom stereocenters. The Morgan fingerprint density at radius 1 is 1.12 bits per heavy atom. The topological polar surface area (TPSA) is 18.5 Å². The van der Waals surface area contributed by atoms with E-state index < -0.39 is 23.8 Å². The highest BCUT2D eigenvalue weighted by Crippen LogP contribution is 2.33. The molecule has 1 saturated heterocycles. The van der Waals surface area contributed by atoms with Gasteiger partial charge in [-0.05, 0) is 12.1 Å². The van der Waals surface area contributed by atoms with Crippen molar-refractivity contribution >= 4 is 0 Å². The lowest BCUT2D eigenvalue weighted by atomic mass is 10.1. The number of rotatable bonds is 1. The Labute approximate surface area is 88.8 Å². The predicted molar refractivity (Wildman–Crippen MR) is 46.0 cm³/mol. The molecule has 0 aromatic heterocycles. The van der Waals surface area contributed by atoms with Crippen LogP contribution in [0.2, 0.25) is 0 Å². The van der Waals surface area contributed by atoms with Gasteiger partial charge in [-0.3, -0.25) is 0 Å². The molecular formula is C10H8F4O2. The van der Waals surface area contributed by atoms with Gasteiger partial charge in [0.05, 0.1) is 18.8 Å². The minimum atomic E-state index is -4.68. The first-order chi connectivity index (χ1) is 7.48. The van der Waals surface area contributed by atoms with Crippen LogP contribution in [0.5, 0.6) is 0 Å². The normalized spacial score (nSPS) is 18.0. The second-order valence-corrected chi connectivity index (χ2v) is 3.31. The van der Waals surface area contributed by atoms with E-state index in [1.165, 1.54) is 0 Å². The van der Waals surface area contributed by atoms with E-state index in [1.807, 2.05) is 0 Å². The van der Waals surface area contributed by atoms with Crippen LogP contribution in [0.15, 0.2) is 18.2 Å². The molecule has 0 spiro atoms. The van der Waals surface area contributed by atoms with Crippen LogP contribution in [-0.2, 0) is 15.7 Å². The standard InChI is InChI=1S/C10H8F4O2/c11-8-5-6(9-15-3-4-16-9)1-2-7(8)10(12,13)14/h1-2,5,9H,3-4H2. The maximum Gasteiger partial charge on any atom is 0.419 e. The third-order valence-electron chi connectivity index (χ3n) is 2.19. The SMILES string of the molecule is Fc1cc(C2OCCO2)ccc1C(F)(F)F. The first-order valence-corrected chi connectivity index (χ1v) is 4.58. The van der Waals surface area contributed by atoms with Gasteiger partial charge in [0.15, 0.2) is 6.29 Å². The Hall–Kier alpha value is -1.14. The number of halogens is 4. The molecule has 0 amide bonds. The van der Waals surface area contributed by atoms with Gasteiger partial charge in [0, 0.05) is 5.56 Å². The van der Waals surface area contributed by atoms with Crippen molar-refractivity contribution in [3.8, 4) is 0 Å². The lowest BCUT2D eigenvalue weighted by Crippen LogP contribution is -2.09. The molecule has 1 aromatic carbocycles. The van der Waals surface area contributed by atoms with Crippen LogP contribution in [0.1, 0.15) is 17.4 Å². The fourth-order valence-electron chi connectivity index (χ4n) is 1.46. The zero-order chi connectivity index (χ0) is 11.8. The molecule has 0 unspecified atom stereocenters. The molecule has 16 heavy (non-hydrogen) atoms. The third-order valence-corrected chi connectivity index (χ3v) is 2.19. The number of hydrogen-bond donors (Lipinski definition) is 0. The van der Waals surface area contributed by atoms with E-state index in [9.17, 15) is 17.6 Å². The summed E-state index contributed by atoms with van der Waals surface area (Å²) in [6, 6.07) is 2.64. The summed E-state index contributed by atoms with van der Waals surface area (Å²) in [5.41, 5.74) is -1.03. The zero-order valence-corrected chi connectivity index (χ0v) is 8.05. The van der Waals surface area contributed by atoms with Crippen molar-refractivity contribution in [1.82, 2.24) is 0 Å². The van der Waals surface area contributed by atoms with Crippen molar-refractivity contribution in [3.05, 3.63) is 35.1 Å². The number of benzene rings is 1. The Bertz CT molecular complexity index is 383. The van der Waals surface area contributed by atoms with Crippen LogP contribution < -0.4 is 0 Å². The van der Waals surface area contributed by atoms with E-state index in [0.29, 0.717) is 19.3 Å². The van der Waals surface area contributed by atoms with Gasteiger partial charge in [0.1, 0.15) is 5.82 Å². The summed E-state index contributed by atoms with van der Waals surface area (Å²) in [5.74, 6) is -1.32. The first-order valence-electron chi connectivity index (χ1n) is 4.58. The Morgan fingerprint density at radius 3 is 2.25 bits per heavy atom. The smallest absolute Gasteiger partial charge is 0.346 e. The van der Waals surface area contributed by atoms with Crippen LogP contribution in [0.25, 0.3) is 0 Å². The minimum Gasteiger partial charge on any atom is -0.346 e. The molecule has 0 N–H and O–H groups in total. The number of alkyl halides is 3. The summed E-state index contributed by atoms with van der Waals surface area (Å²) in [4.78, 5) is 0. The summed E-state index contributed by atoms with van der Waals surface area (Å²) in [6.45, 7) is 0.709. The Morgan fingerprint density at radius 2 is 1.75 bits per heavy atom. The largest absolute Gasteiger partial charge is 0.419 e. The molecule has 2 nitrogen and oxygen atoms in total. The summed E-state index contributed by atoms with van der Waals surface area (Å²) < 4.78 is 60.0. The first kappa shape index (κ1) is 11.3. The van der Waals surface area contributed by atoms with Crippen molar-refractivity contribution in [2.45, 2.75) is 12.5 Å². The second-order valence-electron chi connectivity index (χ2n) is 3.31. The van der Waals surface area contributed by atoms with Gasteiger partial charge in [-0.15, -0.1) is 0 Å². The van der Waals surface area contributed by atoms with Gasteiger partial charge < -0.3 is 9.47 Å². The van der Waals surface area contributed by atoms with E-state index in [1.54, 1.807) is 0 Å². The van der Waals surface area contributed by atoms with E-state index in [-0.39, 0.29) is 5.56 Å². The van der Waals surface area contributed by atoms with Crippen molar-refractivity contribution in [2.24, 2.45) is 0 Å². The highest BCUT2D eigenvalue weighted by atomic mass is 19.4. The predicted octanol–water partition coefficient (Wildman–Crippen LogP) is 2.89. The van der Waals surface area contributed by atoms with E-state index >= 15 is 0 Å². The lowest BCUT2D eigenvalue weighted by molar-refractivity contribution is -0.140. The molecule has 1 fully saturated rings. The molecule has 0 bridgehead atoms. The van der Waals surface area contributed by atoms with Gasteiger partial charge in [-0.2, -0.15) is 13.2 Å². The van der Waals surface area contributed by atoms with E-state index in [0.717, 1.165) is 12.1 Å². The fraction of sp³-hybridized carbons (Fsp3) is 0.400. The van der Waals surface area contributed by atoms with Crippen LogP contribution in [0.4, 0.5) is 17.6 Å². The summed E-state index contributed by atoms with van der Waals surface area (Å²) in [5, 5.41) is 0. The van der Waals surface area contributed by atoms with Crippen molar-refractivity contribution in [1.29, 1.82) is 0 Å². The monoisotopic (exact) mass is 236 g/mol. The van der Waals surface area contributed by atoms with Gasteiger partial charge >= 0.3 is 6.18 Å². The van der Waals surface area contributed by atoms with Gasteiger partial charge in [0.2, 0.25) is 0 Å². The van der Waals surface area contributed by atoms with E-state index in [2.05, 4.69) is 0 Å². The average Bonchev–Trinajstić information content (AvgIpc) is 2.68. The second kappa shape index (κ2) is 4.03. The molecule has 88 valence electrons. The van der Waals surface area contributed by atoms with Crippen LogP contribution in [0.3, 0.4) is 0 Å². The molecule has 0 aliphatic carbocycles. The average molecular weight is 236 g/mol. The molecule has 0 saturated carbocycles. The van der Waals surface area contributed by atoms with Crippen molar-refractivity contribution < 1.29 is 27.0 Å². The van der Waals surface area contributed by atoms with Gasteiger partial charge in [0.25, 0.3) is 0 Å².